The van der Waals surface area contributed by atoms with Crippen molar-refractivity contribution in [1.29, 1.82) is 0 Å². The maximum atomic E-state index is 7.37. The van der Waals surface area contributed by atoms with E-state index in [1.165, 1.54) is 142 Å². The molecule has 0 heterocycles. The SMILES string of the molecule is CC(C)CC[N+](CCC(C)C)(CCC(C)C)C(Cl)CCCCCCCCCCC(Cl)[N+](CCC(C)C)(CCC(C)C)CCC(C)C. The number of quaternary nitrogens is 2. The minimum atomic E-state index is 0.270. The van der Waals surface area contributed by atoms with Gasteiger partial charge < -0.3 is 8.97 Å². The molecule has 2 unspecified atom stereocenters. The zero-order chi connectivity index (χ0) is 35.2. The zero-order valence-electron chi connectivity index (χ0n) is 33.8. The van der Waals surface area contributed by atoms with E-state index in [0.717, 1.165) is 44.5 Å². The first-order chi connectivity index (χ1) is 21.5. The molecule has 0 aliphatic carbocycles. The minimum absolute atomic E-state index is 0.270. The van der Waals surface area contributed by atoms with Gasteiger partial charge in [0.1, 0.15) is 0 Å². The van der Waals surface area contributed by atoms with Gasteiger partial charge in [-0.3, -0.25) is 0 Å². The molecule has 2 atom stereocenters. The lowest BCUT2D eigenvalue weighted by Gasteiger charge is -2.44. The van der Waals surface area contributed by atoms with Gasteiger partial charge in [0.25, 0.3) is 0 Å². The van der Waals surface area contributed by atoms with E-state index in [1.807, 2.05) is 0 Å². The summed E-state index contributed by atoms with van der Waals surface area (Å²) >= 11 is 14.7. The summed E-state index contributed by atoms with van der Waals surface area (Å²) < 4.78 is 2.29. The van der Waals surface area contributed by atoms with Gasteiger partial charge in [-0.05, 0) is 86.9 Å². The summed E-state index contributed by atoms with van der Waals surface area (Å²) in [7, 11) is 0. The number of rotatable bonds is 31. The van der Waals surface area contributed by atoms with Crippen molar-refractivity contribution >= 4 is 23.2 Å². The van der Waals surface area contributed by atoms with E-state index in [0.29, 0.717) is 0 Å². The standard InChI is InChI=1S/C42H88Cl2N2/c1-35(2)23-29-45(30-24-36(3)4,31-25-37(5)6)41(43)21-19-17-15-13-14-16-18-20-22-42(44)46(32-26-38(7)8,33-27-39(9)10)34-28-40(11)12/h35-42H,13-34H2,1-12H3/q+2. The predicted molar refractivity (Wildman–Crippen MR) is 212 cm³/mol. The van der Waals surface area contributed by atoms with Crippen molar-refractivity contribution in [3.63, 3.8) is 0 Å². The molecular weight excluding hydrogens is 603 g/mol. The molecule has 0 fully saturated rings. The van der Waals surface area contributed by atoms with Crippen LogP contribution < -0.4 is 0 Å². The second-order valence-electron chi connectivity index (χ2n) is 18.1. The maximum absolute atomic E-state index is 7.37. The fourth-order valence-corrected chi connectivity index (χ4v) is 7.73. The van der Waals surface area contributed by atoms with E-state index in [2.05, 4.69) is 83.1 Å². The van der Waals surface area contributed by atoms with Crippen molar-refractivity contribution in [3.8, 4) is 0 Å². The molecule has 0 N–H and O–H groups in total. The molecule has 0 aromatic heterocycles. The average Bonchev–Trinajstić information content (AvgIpc) is 2.96. The molecule has 278 valence electrons. The molecule has 0 aliphatic heterocycles. The van der Waals surface area contributed by atoms with E-state index in [9.17, 15) is 0 Å². The third-order valence-electron chi connectivity index (χ3n) is 10.7. The van der Waals surface area contributed by atoms with Gasteiger partial charge in [0.05, 0.1) is 39.3 Å². The van der Waals surface area contributed by atoms with Crippen LogP contribution in [0.25, 0.3) is 0 Å². The lowest BCUT2D eigenvalue weighted by Crippen LogP contribution is -2.55. The Morgan fingerprint density at radius 1 is 0.283 bits per heavy atom. The molecule has 0 amide bonds. The number of alkyl halides is 2. The first kappa shape index (κ1) is 46.5. The second kappa shape index (κ2) is 26.3. The quantitative estimate of drug-likeness (QED) is 0.0294. The summed E-state index contributed by atoms with van der Waals surface area (Å²) in [6, 6.07) is 0. The maximum Gasteiger partial charge on any atom is 0.164 e. The molecule has 0 radical (unpaired) electrons. The van der Waals surface area contributed by atoms with Crippen LogP contribution in [-0.2, 0) is 0 Å². The van der Waals surface area contributed by atoms with Gasteiger partial charge >= 0.3 is 0 Å². The molecule has 0 bridgehead atoms. The Hall–Kier alpha value is 0.500. The average molecular weight is 692 g/mol. The molecule has 4 heteroatoms. The van der Waals surface area contributed by atoms with Crippen LogP contribution in [0.15, 0.2) is 0 Å². The number of unbranched alkanes of at least 4 members (excludes halogenated alkanes) is 7. The normalized spacial score (nSPS) is 14.6. The van der Waals surface area contributed by atoms with Crippen molar-refractivity contribution in [2.75, 3.05) is 39.3 Å². The van der Waals surface area contributed by atoms with Crippen LogP contribution in [0, 0.1) is 35.5 Å². The number of nitrogens with zero attached hydrogens (tertiary/aromatic N) is 2. The van der Waals surface area contributed by atoms with Crippen LogP contribution in [-0.4, -0.2) is 59.2 Å². The van der Waals surface area contributed by atoms with E-state index in [4.69, 9.17) is 23.2 Å². The van der Waals surface area contributed by atoms with Crippen LogP contribution >= 0.6 is 23.2 Å². The molecule has 0 aromatic rings. The van der Waals surface area contributed by atoms with Crippen molar-refractivity contribution in [2.45, 2.75) is 197 Å². The highest BCUT2D eigenvalue weighted by molar-refractivity contribution is 6.19. The summed E-state index contributed by atoms with van der Waals surface area (Å²) in [5, 5.41) is 0. The number of hydrogen-bond acceptors (Lipinski definition) is 0. The minimum Gasteiger partial charge on any atom is -0.309 e. The Kier molecular flexibility index (Phi) is 26.6. The largest absolute Gasteiger partial charge is 0.309 e. The highest BCUT2D eigenvalue weighted by Gasteiger charge is 2.36. The highest BCUT2D eigenvalue weighted by Crippen LogP contribution is 2.30. The van der Waals surface area contributed by atoms with Gasteiger partial charge in [-0.15, -0.1) is 0 Å². The molecule has 46 heavy (non-hydrogen) atoms. The van der Waals surface area contributed by atoms with Gasteiger partial charge in [-0.1, -0.05) is 145 Å². The highest BCUT2D eigenvalue weighted by atomic mass is 35.5. The van der Waals surface area contributed by atoms with Crippen LogP contribution in [0.2, 0.25) is 0 Å². The Morgan fingerprint density at radius 2 is 0.457 bits per heavy atom. The van der Waals surface area contributed by atoms with Crippen molar-refractivity contribution in [1.82, 2.24) is 0 Å². The first-order valence-electron chi connectivity index (χ1n) is 20.5. The molecule has 0 saturated carbocycles. The lowest BCUT2D eigenvalue weighted by atomic mass is 10.0. The van der Waals surface area contributed by atoms with E-state index < -0.39 is 0 Å². The zero-order valence-corrected chi connectivity index (χ0v) is 35.3. The van der Waals surface area contributed by atoms with Crippen molar-refractivity contribution < 1.29 is 8.97 Å². The van der Waals surface area contributed by atoms with E-state index >= 15 is 0 Å². The Morgan fingerprint density at radius 3 is 0.630 bits per heavy atom. The summed E-state index contributed by atoms with van der Waals surface area (Å²) in [5.74, 6) is 4.48. The van der Waals surface area contributed by atoms with Gasteiger partial charge in [-0.25, -0.2) is 0 Å². The smallest absolute Gasteiger partial charge is 0.164 e. The summed E-state index contributed by atoms with van der Waals surface area (Å²) in [6.07, 6.45) is 20.8. The third kappa shape index (κ3) is 22.3. The van der Waals surface area contributed by atoms with Crippen molar-refractivity contribution in [3.05, 3.63) is 0 Å². The fraction of sp³-hybridized carbons (Fsp3) is 1.00. The Balaban J connectivity index is 4.77. The summed E-state index contributed by atoms with van der Waals surface area (Å²) in [6.45, 7) is 36.0. The summed E-state index contributed by atoms with van der Waals surface area (Å²) in [4.78, 5) is 0. The Bertz CT molecular complexity index is 567. The van der Waals surface area contributed by atoms with Crippen molar-refractivity contribution in [2.24, 2.45) is 35.5 Å². The van der Waals surface area contributed by atoms with Gasteiger partial charge in [0.2, 0.25) is 0 Å². The molecule has 0 spiro atoms. The van der Waals surface area contributed by atoms with Crippen LogP contribution in [0.4, 0.5) is 0 Å². The van der Waals surface area contributed by atoms with Crippen LogP contribution in [0.5, 0.6) is 0 Å². The summed E-state index contributed by atoms with van der Waals surface area (Å²) in [5.41, 5.74) is 0.541. The Labute approximate surface area is 302 Å². The topological polar surface area (TPSA) is 0 Å². The number of hydrogen-bond donors (Lipinski definition) is 0. The monoisotopic (exact) mass is 691 g/mol. The first-order valence-corrected chi connectivity index (χ1v) is 21.4. The molecule has 2 nitrogen and oxygen atoms in total. The molecule has 0 aliphatic rings. The van der Waals surface area contributed by atoms with Gasteiger partial charge in [-0.2, -0.15) is 0 Å². The molecular formula is C42H88Cl2N2+2. The third-order valence-corrected chi connectivity index (χ3v) is 12.0. The van der Waals surface area contributed by atoms with Gasteiger partial charge in [0, 0.05) is 12.8 Å². The van der Waals surface area contributed by atoms with E-state index in [-0.39, 0.29) is 11.0 Å². The molecule has 0 aromatic carbocycles. The second-order valence-corrected chi connectivity index (χ2v) is 19.2. The van der Waals surface area contributed by atoms with Gasteiger partial charge in [0.15, 0.2) is 11.0 Å². The number of halogens is 2. The van der Waals surface area contributed by atoms with Crippen LogP contribution in [0.1, 0.15) is 186 Å². The molecule has 0 saturated heterocycles. The molecule has 0 rings (SSSR count). The van der Waals surface area contributed by atoms with E-state index in [1.54, 1.807) is 0 Å². The predicted octanol–water partition coefficient (Wildman–Crippen LogP) is 13.9. The van der Waals surface area contributed by atoms with Crippen LogP contribution in [0.3, 0.4) is 0 Å². The fourth-order valence-electron chi connectivity index (χ4n) is 6.84. The lowest BCUT2D eigenvalue weighted by molar-refractivity contribution is -0.941.